The highest BCUT2D eigenvalue weighted by Gasteiger charge is 2.39. The van der Waals surface area contributed by atoms with E-state index in [4.69, 9.17) is 0 Å². The van der Waals surface area contributed by atoms with Crippen LogP contribution in [0.25, 0.3) is 0 Å². The molecule has 3 aromatic carbocycles. The Labute approximate surface area is 189 Å². The fourth-order valence-electron chi connectivity index (χ4n) is 3.69. The summed E-state index contributed by atoms with van der Waals surface area (Å²) >= 11 is 0. The fourth-order valence-corrected chi connectivity index (χ4v) is 6.54. The molecule has 0 saturated carbocycles. The van der Waals surface area contributed by atoms with Crippen molar-refractivity contribution in [3.8, 4) is 0 Å². The maximum atomic E-state index is 13.4. The molecule has 0 N–H and O–H groups in total. The van der Waals surface area contributed by atoms with E-state index in [1.807, 2.05) is 42.2 Å². The Kier molecular flexibility index (Phi) is 6.45. The zero-order valence-electron chi connectivity index (χ0n) is 17.7. The first-order valence-corrected chi connectivity index (χ1v) is 13.1. The smallest absolute Gasteiger partial charge is 0.245 e. The van der Waals surface area contributed by atoms with Crippen LogP contribution in [0.15, 0.2) is 101 Å². The summed E-state index contributed by atoms with van der Waals surface area (Å²) in [6, 6.07) is 25.6. The van der Waals surface area contributed by atoms with Crippen molar-refractivity contribution >= 4 is 20.0 Å². The van der Waals surface area contributed by atoms with Gasteiger partial charge in [-0.2, -0.15) is 8.61 Å². The number of nitrogens with zero attached hydrogens (tertiary/aromatic N) is 3. The Morgan fingerprint density at radius 2 is 0.969 bits per heavy atom. The highest BCUT2D eigenvalue weighted by Crippen LogP contribution is 2.29. The molecule has 7 nitrogen and oxygen atoms in total. The van der Waals surface area contributed by atoms with Gasteiger partial charge in [0.2, 0.25) is 20.0 Å². The van der Waals surface area contributed by atoms with E-state index < -0.39 is 20.0 Å². The monoisotopic (exact) mass is 471 g/mol. The molecule has 4 rings (SSSR count). The van der Waals surface area contributed by atoms with Gasteiger partial charge in [0.05, 0.1) is 29.8 Å². The quantitative estimate of drug-likeness (QED) is 0.551. The van der Waals surface area contributed by atoms with Crippen molar-refractivity contribution in [1.29, 1.82) is 0 Å². The third-order valence-electron chi connectivity index (χ3n) is 5.59. The Morgan fingerprint density at radius 3 is 1.38 bits per heavy atom. The molecule has 3 aromatic rings. The second-order valence-electron chi connectivity index (χ2n) is 7.64. The highest BCUT2D eigenvalue weighted by molar-refractivity contribution is 7.90. The minimum Gasteiger partial charge on any atom is -0.269 e. The fraction of sp³-hybridized carbons (Fsp3) is 0.217. The largest absolute Gasteiger partial charge is 0.269 e. The van der Waals surface area contributed by atoms with Gasteiger partial charge in [0.1, 0.15) is 0 Å². The van der Waals surface area contributed by atoms with Gasteiger partial charge in [-0.05, 0) is 36.8 Å². The third kappa shape index (κ3) is 4.48. The number of sulfonamides is 2. The first-order chi connectivity index (χ1) is 15.3. The van der Waals surface area contributed by atoms with Crippen LogP contribution in [-0.4, -0.2) is 50.4 Å². The van der Waals surface area contributed by atoms with Gasteiger partial charge in [-0.1, -0.05) is 66.7 Å². The molecule has 0 amide bonds. The molecule has 0 radical (unpaired) electrons. The SMILES string of the molecule is C[C@H](c1ccccc1)N1CN(S(=O)(=O)c2ccccc2)CN(S(=O)(=O)c2ccccc2)C1. The van der Waals surface area contributed by atoms with Crippen molar-refractivity contribution in [2.24, 2.45) is 0 Å². The summed E-state index contributed by atoms with van der Waals surface area (Å²) in [6.07, 6.45) is 0. The lowest BCUT2D eigenvalue weighted by atomic mass is 10.1. The van der Waals surface area contributed by atoms with Crippen molar-refractivity contribution in [3.63, 3.8) is 0 Å². The lowest BCUT2D eigenvalue weighted by Crippen LogP contribution is -2.58. The molecule has 1 aliphatic heterocycles. The summed E-state index contributed by atoms with van der Waals surface area (Å²) in [5, 5.41) is 0. The number of rotatable bonds is 6. The van der Waals surface area contributed by atoms with Crippen LogP contribution in [0.4, 0.5) is 0 Å². The van der Waals surface area contributed by atoms with E-state index in [9.17, 15) is 16.8 Å². The summed E-state index contributed by atoms with van der Waals surface area (Å²) in [5.41, 5.74) is 0.975. The molecule has 1 heterocycles. The second kappa shape index (κ2) is 9.13. The Morgan fingerprint density at radius 1 is 0.594 bits per heavy atom. The maximum absolute atomic E-state index is 13.4. The molecule has 0 bridgehead atoms. The summed E-state index contributed by atoms with van der Waals surface area (Å²) in [7, 11) is -7.80. The van der Waals surface area contributed by atoms with Crippen molar-refractivity contribution in [2.75, 3.05) is 20.0 Å². The van der Waals surface area contributed by atoms with Gasteiger partial charge in [0.15, 0.2) is 0 Å². The minimum absolute atomic E-state index is 0.0775. The van der Waals surface area contributed by atoms with Crippen LogP contribution in [0.2, 0.25) is 0 Å². The van der Waals surface area contributed by atoms with Gasteiger partial charge in [-0.25, -0.2) is 16.8 Å². The average Bonchev–Trinajstić information content (AvgIpc) is 2.85. The molecule has 32 heavy (non-hydrogen) atoms. The van der Waals surface area contributed by atoms with E-state index in [2.05, 4.69) is 0 Å². The van der Waals surface area contributed by atoms with Crippen molar-refractivity contribution in [3.05, 3.63) is 96.6 Å². The number of hydrogen-bond donors (Lipinski definition) is 0. The number of hydrogen-bond acceptors (Lipinski definition) is 5. The lowest BCUT2D eigenvalue weighted by molar-refractivity contribution is 0.0351. The topological polar surface area (TPSA) is 78.0 Å². The van der Waals surface area contributed by atoms with Crippen molar-refractivity contribution in [2.45, 2.75) is 22.8 Å². The maximum Gasteiger partial charge on any atom is 0.245 e. The summed E-state index contributed by atoms with van der Waals surface area (Å²) < 4.78 is 55.9. The van der Waals surface area contributed by atoms with Crippen molar-refractivity contribution in [1.82, 2.24) is 13.5 Å². The molecule has 0 unspecified atom stereocenters. The van der Waals surface area contributed by atoms with Crippen LogP contribution >= 0.6 is 0 Å². The normalized spacial score (nSPS) is 17.8. The molecule has 0 aromatic heterocycles. The predicted octanol–water partition coefficient (Wildman–Crippen LogP) is 3.32. The van der Waals surface area contributed by atoms with Crippen molar-refractivity contribution < 1.29 is 16.8 Å². The molecule has 1 saturated heterocycles. The first-order valence-electron chi connectivity index (χ1n) is 10.2. The van der Waals surface area contributed by atoms with Gasteiger partial charge < -0.3 is 0 Å². The molecular weight excluding hydrogens is 446 g/mol. The summed E-state index contributed by atoms with van der Waals surface area (Å²) in [4.78, 5) is 2.11. The van der Waals surface area contributed by atoms with E-state index in [1.165, 1.54) is 32.9 Å². The Balaban J connectivity index is 1.73. The average molecular weight is 472 g/mol. The van der Waals surface area contributed by atoms with Gasteiger partial charge in [-0.15, -0.1) is 0 Å². The zero-order chi connectivity index (χ0) is 22.8. The van der Waals surface area contributed by atoms with Crippen LogP contribution in [0, 0.1) is 0 Å². The van der Waals surface area contributed by atoms with E-state index >= 15 is 0 Å². The Bertz CT molecular complexity index is 1170. The molecule has 1 atom stereocenters. The van der Waals surface area contributed by atoms with Crippen LogP contribution in [0.3, 0.4) is 0 Å². The molecular formula is C23H25N3O4S2. The lowest BCUT2D eigenvalue weighted by Gasteiger charge is -2.43. The first kappa shape index (κ1) is 22.6. The molecule has 0 spiro atoms. The van der Waals surface area contributed by atoms with Gasteiger partial charge in [-0.3, -0.25) is 4.90 Å². The van der Waals surface area contributed by atoms with E-state index in [-0.39, 0.29) is 35.8 Å². The molecule has 0 aliphatic carbocycles. The van der Waals surface area contributed by atoms with E-state index in [1.54, 1.807) is 36.4 Å². The highest BCUT2D eigenvalue weighted by atomic mass is 32.2. The van der Waals surface area contributed by atoms with Gasteiger partial charge >= 0.3 is 0 Å². The predicted molar refractivity (Wildman–Crippen MR) is 122 cm³/mol. The van der Waals surface area contributed by atoms with E-state index in [0.29, 0.717) is 0 Å². The van der Waals surface area contributed by atoms with Gasteiger partial charge in [0, 0.05) is 6.04 Å². The van der Waals surface area contributed by atoms with Crippen LogP contribution in [0.1, 0.15) is 18.5 Å². The minimum atomic E-state index is -3.90. The third-order valence-corrected chi connectivity index (χ3v) is 9.14. The molecule has 168 valence electrons. The molecule has 1 fully saturated rings. The standard InChI is InChI=1S/C23H25N3O4S2/c1-20(21-11-5-2-6-12-21)24-17-25(31(27,28)22-13-7-3-8-14-22)19-26(18-24)32(29,30)23-15-9-4-10-16-23/h2-16,20H,17-19H2,1H3/t20-/m1/s1. The van der Waals surface area contributed by atoms with Crippen LogP contribution < -0.4 is 0 Å². The molecule has 1 aliphatic rings. The van der Waals surface area contributed by atoms with Crippen LogP contribution in [0.5, 0.6) is 0 Å². The number of benzene rings is 3. The van der Waals surface area contributed by atoms with Gasteiger partial charge in [0.25, 0.3) is 0 Å². The van der Waals surface area contributed by atoms with E-state index in [0.717, 1.165) is 5.56 Å². The molecule has 9 heteroatoms. The zero-order valence-corrected chi connectivity index (χ0v) is 19.3. The van der Waals surface area contributed by atoms with Crippen LogP contribution in [-0.2, 0) is 20.0 Å². The Hall–Kier alpha value is -2.56. The summed E-state index contributed by atoms with van der Waals surface area (Å²) in [6.45, 7) is 1.84. The second-order valence-corrected chi connectivity index (χ2v) is 11.5. The summed E-state index contributed by atoms with van der Waals surface area (Å²) in [5.74, 6) is 0.